The van der Waals surface area contributed by atoms with Gasteiger partial charge in [-0.05, 0) is 53.9 Å². The van der Waals surface area contributed by atoms with Crippen LogP contribution in [-0.2, 0) is 14.3 Å². The smallest absolute Gasteiger partial charge is 0.411 e. The maximum atomic E-state index is 12.6. The van der Waals surface area contributed by atoms with Crippen LogP contribution in [0.4, 0.5) is 4.79 Å². The monoisotopic (exact) mass is 309 g/mol. The lowest BCUT2D eigenvalue weighted by atomic mass is 9.94. The van der Waals surface area contributed by atoms with Gasteiger partial charge >= 0.3 is 12.1 Å². The highest BCUT2D eigenvalue weighted by molar-refractivity contribution is 5.83. The van der Waals surface area contributed by atoms with Crippen LogP contribution >= 0.6 is 0 Å². The predicted octanol–water partition coefficient (Wildman–Crippen LogP) is 3.14. The quantitative estimate of drug-likeness (QED) is 0.551. The molecular formula is C17H27NO4. The molecule has 1 amide bonds. The summed E-state index contributed by atoms with van der Waals surface area (Å²) >= 11 is 0. The van der Waals surface area contributed by atoms with Gasteiger partial charge in [0.1, 0.15) is 17.2 Å². The van der Waals surface area contributed by atoms with Gasteiger partial charge in [-0.2, -0.15) is 0 Å². The molecule has 2 rings (SSSR count). The van der Waals surface area contributed by atoms with Gasteiger partial charge in [-0.15, -0.1) is 0 Å². The van der Waals surface area contributed by atoms with E-state index < -0.39 is 23.3 Å². The van der Waals surface area contributed by atoms with E-state index in [0.29, 0.717) is 6.54 Å². The van der Waals surface area contributed by atoms with Crippen molar-refractivity contribution in [3.05, 3.63) is 12.2 Å². The SMILES string of the molecule is CC(C)(C)OC(=O)[C@@H]1[C@@H]2C=CC[C@H]2CN1C(=O)OC(C)(C)C. The van der Waals surface area contributed by atoms with E-state index in [1.807, 2.05) is 47.6 Å². The van der Waals surface area contributed by atoms with Crippen LogP contribution in [0.1, 0.15) is 48.0 Å². The molecule has 0 bridgehead atoms. The molecular weight excluding hydrogens is 282 g/mol. The number of hydrogen-bond acceptors (Lipinski definition) is 4. The molecule has 5 nitrogen and oxygen atoms in total. The lowest BCUT2D eigenvalue weighted by Crippen LogP contribution is -2.47. The van der Waals surface area contributed by atoms with Crippen molar-refractivity contribution in [2.45, 2.75) is 65.2 Å². The molecule has 1 aliphatic heterocycles. The molecule has 2 aliphatic rings. The van der Waals surface area contributed by atoms with Gasteiger partial charge in [0.15, 0.2) is 0 Å². The highest BCUT2D eigenvalue weighted by Gasteiger charge is 2.50. The van der Waals surface area contributed by atoms with Gasteiger partial charge < -0.3 is 9.47 Å². The van der Waals surface area contributed by atoms with Crippen molar-refractivity contribution in [2.75, 3.05) is 6.54 Å². The van der Waals surface area contributed by atoms with E-state index in [2.05, 4.69) is 6.08 Å². The highest BCUT2D eigenvalue weighted by atomic mass is 16.6. The zero-order valence-corrected chi connectivity index (χ0v) is 14.4. The number of hydrogen-bond donors (Lipinski definition) is 0. The molecule has 0 spiro atoms. The van der Waals surface area contributed by atoms with Crippen molar-refractivity contribution in [1.29, 1.82) is 0 Å². The number of esters is 1. The van der Waals surface area contributed by atoms with Crippen LogP contribution in [0, 0.1) is 11.8 Å². The second kappa shape index (κ2) is 5.60. The van der Waals surface area contributed by atoms with E-state index >= 15 is 0 Å². The molecule has 0 aromatic carbocycles. The zero-order valence-electron chi connectivity index (χ0n) is 14.4. The van der Waals surface area contributed by atoms with Gasteiger partial charge in [0.2, 0.25) is 0 Å². The molecule has 5 heteroatoms. The van der Waals surface area contributed by atoms with Gasteiger partial charge in [-0.25, -0.2) is 9.59 Å². The Morgan fingerprint density at radius 2 is 1.64 bits per heavy atom. The summed E-state index contributed by atoms with van der Waals surface area (Å²) in [5, 5.41) is 0. The topological polar surface area (TPSA) is 55.8 Å². The Balaban J connectivity index is 2.19. The summed E-state index contributed by atoms with van der Waals surface area (Å²) in [7, 11) is 0. The van der Waals surface area contributed by atoms with Crippen molar-refractivity contribution in [1.82, 2.24) is 4.90 Å². The Hall–Kier alpha value is -1.52. The minimum atomic E-state index is -0.585. The van der Waals surface area contributed by atoms with E-state index in [1.54, 1.807) is 0 Å². The van der Waals surface area contributed by atoms with Crippen molar-refractivity contribution in [3.8, 4) is 0 Å². The van der Waals surface area contributed by atoms with E-state index in [4.69, 9.17) is 9.47 Å². The van der Waals surface area contributed by atoms with Crippen LogP contribution < -0.4 is 0 Å². The van der Waals surface area contributed by atoms with Crippen molar-refractivity contribution in [2.24, 2.45) is 11.8 Å². The van der Waals surface area contributed by atoms with Crippen molar-refractivity contribution >= 4 is 12.1 Å². The van der Waals surface area contributed by atoms with Crippen LogP contribution in [0.25, 0.3) is 0 Å². The molecule has 0 unspecified atom stereocenters. The fourth-order valence-corrected chi connectivity index (χ4v) is 3.01. The number of allylic oxidation sites excluding steroid dienone is 1. The summed E-state index contributed by atoms with van der Waals surface area (Å²) in [4.78, 5) is 26.6. The third kappa shape index (κ3) is 3.81. The number of fused-ring (bicyclic) bond motifs is 1. The number of carbonyl (C=O) groups is 2. The summed E-state index contributed by atoms with van der Waals surface area (Å²) < 4.78 is 11.0. The second-order valence-corrected chi connectivity index (χ2v) is 8.11. The maximum absolute atomic E-state index is 12.6. The van der Waals surface area contributed by atoms with Crippen LogP contribution in [0.2, 0.25) is 0 Å². The van der Waals surface area contributed by atoms with Gasteiger partial charge in [0, 0.05) is 12.5 Å². The lowest BCUT2D eigenvalue weighted by molar-refractivity contribution is -0.161. The summed E-state index contributed by atoms with van der Waals surface area (Å²) in [5.41, 5.74) is -1.15. The Bertz CT molecular complexity index is 484. The molecule has 0 aromatic rings. The van der Waals surface area contributed by atoms with E-state index in [9.17, 15) is 9.59 Å². The second-order valence-electron chi connectivity index (χ2n) is 8.11. The number of carbonyl (C=O) groups excluding carboxylic acids is 2. The Morgan fingerprint density at radius 3 is 2.18 bits per heavy atom. The zero-order chi connectivity index (χ0) is 16.7. The normalized spacial score (nSPS) is 27.7. The van der Waals surface area contributed by atoms with Crippen LogP contribution in [0.3, 0.4) is 0 Å². The van der Waals surface area contributed by atoms with Crippen LogP contribution in [-0.4, -0.2) is 40.8 Å². The summed E-state index contributed by atoms with van der Waals surface area (Å²) in [5.74, 6) is -0.0372. The first kappa shape index (κ1) is 16.8. The molecule has 0 N–H and O–H groups in total. The number of likely N-dealkylation sites (tertiary alicyclic amines) is 1. The van der Waals surface area contributed by atoms with Gasteiger partial charge in [0.25, 0.3) is 0 Å². The van der Waals surface area contributed by atoms with Gasteiger partial charge in [0.05, 0.1) is 0 Å². The Morgan fingerprint density at radius 1 is 1.05 bits per heavy atom. The molecule has 1 fully saturated rings. The predicted molar refractivity (Wildman–Crippen MR) is 83.3 cm³/mol. The highest BCUT2D eigenvalue weighted by Crippen LogP contribution is 2.39. The van der Waals surface area contributed by atoms with E-state index in [1.165, 1.54) is 4.90 Å². The lowest BCUT2D eigenvalue weighted by Gasteiger charge is -2.30. The molecule has 1 saturated heterocycles. The first-order chi connectivity index (χ1) is 9.98. The third-order valence-corrected chi connectivity index (χ3v) is 3.75. The largest absolute Gasteiger partial charge is 0.458 e. The molecule has 22 heavy (non-hydrogen) atoms. The van der Waals surface area contributed by atoms with Crippen molar-refractivity contribution in [3.63, 3.8) is 0 Å². The number of ether oxygens (including phenoxy) is 2. The third-order valence-electron chi connectivity index (χ3n) is 3.75. The summed E-state index contributed by atoms with van der Waals surface area (Å²) in [6.07, 6.45) is 4.57. The fourth-order valence-electron chi connectivity index (χ4n) is 3.01. The summed E-state index contributed by atoms with van der Waals surface area (Å²) in [6, 6.07) is -0.585. The number of nitrogens with zero attached hydrogens (tertiary/aromatic N) is 1. The fraction of sp³-hybridized carbons (Fsp3) is 0.765. The molecule has 1 aliphatic carbocycles. The van der Waals surface area contributed by atoms with Gasteiger partial charge in [-0.1, -0.05) is 12.2 Å². The van der Waals surface area contributed by atoms with Crippen LogP contribution in [0.15, 0.2) is 12.2 Å². The molecule has 1 heterocycles. The van der Waals surface area contributed by atoms with E-state index in [-0.39, 0.29) is 17.8 Å². The average molecular weight is 309 g/mol. The number of rotatable bonds is 1. The molecule has 0 saturated carbocycles. The minimum Gasteiger partial charge on any atom is -0.458 e. The minimum absolute atomic E-state index is 0.0300. The van der Waals surface area contributed by atoms with Crippen LogP contribution in [0.5, 0.6) is 0 Å². The molecule has 0 radical (unpaired) electrons. The molecule has 3 atom stereocenters. The van der Waals surface area contributed by atoms with Gasteiger partial charge in [-0.3, -0.25) is 4.90 Å². The standard InChI is InChI=1S/C17H27NO4/c1-16(2,3)21-14(19)13-12-9-7-8-11(12)10-18(13)15(20)22-17(4,5)6/h7,9,11-13H,8,10H2,1-6H3/t11-,12+,13-/m0/s1. The van der Waals surface area contributed by atoms with Crippen molar-refractivity contribution < 1.29 is 19.1 Å². The molecule has 124 valence electrons. The first-order valence-electron chi connectivity index (χ1n) is 7.87. The maximum Gasteiger partial charge on any atom is 0.411 e. The number of amides is 1. The summed E-state index contributed by atoms with van der Waals surface area (Å²) in [6.45, 7) is 11.5. The average Bonchev–Trinajstić information content (AvgIpc) is 2.81. The molecule has 0 aromatic heterocycles. The van der Waals surface area contributed by atoms with E-state index in [0.717, 1.165) is 6.42 Å². The Kier molecular flexibility index (Phi) is 4.28. The first-order valence-corrected chi connectivity index (χ1v) is 7.87. The Labute approximate surface area is 132 Å².